The highest BCUT2D eigenvalue weighted by Gasteiger charge is 2.09. The number of benzene rings is 2. The molecule has 0 radical (unpaired) electrons. The summed E-state index contributed by atoms with van der Waals surface area (Å²) in [7, 11) is 3.35. The molecule has 2 aromatic carbocycles. The van der Waals surface area contributed by atoms with E-state index in [4.69, 9.17) is 9.47 Å². The van der Waals surface area contributed by atoms with Crippen LogP contribution in [-0.2, 0) is 0 Å². The first-order valence-corrected chi connectivity index (χ1v) is 5.54. The second-order valence-corrected chi connectivity index (χ2v) is 3.89. The highest BCUT2D eigenvalue weighted by Crippen LogP contribution is 2.35. The van der Waals surface area contributed by atoms with Gasteiger partial charge in [0.05, 0.1) is 14.2 Å². The molecule has 17 heavy (non-hydrogen) atoms. The van der Waals surface area contributed by atoms with Gasteiger partial charge >= 0.3 is 0 Å². The number of ether oxygens (including phenoxy) is 2. The molecule has 0 aliphatic heterocycles. The van der Waals surface area contributed by atoms with Gasteiger partial charge < -0.3 is 9.47 Å². The number of methoxy groups -OCH3 is 2. The van der Waals surface area contributed by atoms with Gasteiger partial charge in [-0.15, -0.1) is 0 Å². The van der Waals surface area contributed by atoms with Crippen molar-refractivity contribution in [2.45, 2.75) is 6.92 Å². The summed E-state index contributed by atoms with van der Waals surface area (Å²) in [6.45, 7) is 2.03. The molecule has 0 atom stereocenters. The Kier molecular flexibility index (Phi) is 3.33. The molecule has 0 aromatic heterocycles. The fourth-order valence-corrected chi connectivity index (χ4v) is 1.90. The predicted octanol–water partition coefficient (Wildman–Crippen LogP) is 3.68. The lowest BCUT2D eigenvalue weighted by Gasteiger charge is -2.13. The molecule has 88 valence electrons. The van der Waals surface area contributed by atoms with E-state index in [1.807, 2.05) is 31.2 Å². The Bertz CT molecular complexity index is 504. The summed E-state index contributed by atoms with van der Waals surface area (Å²) in [6, 6.07) is 14.2. The zero-order chi connectivity index (χ0) is 12.3. The van der Waals surface area contributed by atoms with Crippen LogP contribution in [0.15, 0.2) is 42.5 Å². The van der Waals surface area contributed by atoms with Gasteiger partial charge in [0, 0.05) is 11.6 Å². The van der Waals surface area contributed by atoms with Crippen molar-refractivity contribution in [1.29, 1.82) is 0 Å². The summed E-state index contributed by atoms with van der Waals surface area (Å²) < 4.78 is 10.7. The molecule has 0 saturated carbocycles. The lowest BCUT2D eigenvalue weighted by atomic mass is 10.0. The fourth-order valence-electron chi connectivity index (χ4n) is 1.90. The maximum Gasteiger partial charge on any atom is 0.130 e. The summed E-state index contributed by atoms with van der Waals surface area (Å²) in [5.74, 6) is 1.68. The van der Waals surface area contributed by atoms with E-state index in [1.165, 1.54) is 0 Å². The second kappa shape index (κ2) is 4.91. The minimum absolute atomic E-state index is 0.832. The maximum absolute atomic E-state index is 5.42. The summed E-state index contributed by atoms with van der Waals surface area (Å²) in [6.07, 6.45) is 0. The van der Waals surface area contributed by atoms with Crippen LogP contribution in [0.25, 0.3) is 11.1 Å². The van der Waals surface area contributed by atoms with Crippen molar-refractivity contribution in [3.63, 3.8) is 0 Å². The predicted molar refractivity (Wildman–Crippen MR) is 69.7 cm³/mol. The van der Waals surface area contributed by atoms with Gasteiger partial charge in [-0.05, 0) is 24.1 Å². The van der Waals surface area contributed by atoms with E-state index in [1.54, 1.807) is 14.2 Å². The molecular weight excluding hydrogens is 212 g/mol. The van der Waals surface area contributed by atoms with Crippen molar-refractivity contribution < 1.29 is 9.47 Å². The van der Waals surface area contributed by atoms with Crippen molar-refractivity contribution in [3.8, 4) is 22.6 Å². The smallest absolute Gasteiger partial charge is 0.130 e. The highest BCUT2D eigenvalue weighted by atomic mass is 16.5. The van der Waals surface area contributed by atoms with E-state index >= 15 is 0 Å². The number of rotatable bonds is 3. The van der Waals surface area contributed by atoms with Crippen LogP contribution in [0.3, 0.4) is 0 Å². The first-order valence-electron chi connectivity index (χ1n) is 5.54. The third-order valence-corrected chi connectivity index (χ3v) is 2.80. The third-order valence-electron chi connectivity index (χ3n) is 2.80. The molecule has 0 amide bonds. The maximum atomic E-state index is 5.42. The van der Waals surface area contributed by atoms with E-state index in [2.05, 4.69) is 18.2 Å². The molecule has 0 unspecified atom stereocenters. The van der Waals surface area contributed by atoms with Crippen molar-refractivity contribution in [3.05, 3.63) is 48.0 Å². The average Bonchev–Trinajstić information content (AvgIpc) is 2.39. The summed E-state index contributed by atoms with van der Waals surface area (Å²) >= 11 is 0. The normalized spacial score (nSPS) is 10.1. The van der Waals surface area contributed by atoms with Crippen LogP contribution in [0.2, 0.25) is 0 Å². The van der Waals surface area contributed by atoms with Crippen LogP contribution in [-0.4, -0.2) is 14.2 Å². The molecular formula is C15H16O2. The van der Waals surface area contributed by atoms with E-state index in [9.17, 15) is 0 Å². The van der Waals surface area contributed by atoms with E-state index in [0.29, 0.717) is 0 Å². The van der Waals surface area contributed by atoms with E-state index < -0.39 is 0 Å². The van der Waals surface area contributed by atoms with Gasteiger partial charge in [0.15, 0.2) is 0 Å². The van der Waals surface area contributed by atoms with Gasteiger partial charge in [0.25, 0.3) is 0 Å². The molecule has 2 nitrogen and oxygen atoms in total. The number of hydrogen-bond donors (Lipinski definition) is 0. The van der Waals surface area contributed by atoms with Gasteiger partial charge in [0.2, 0.25) is 0 Å². The molecule has 0 spiro atoms. The molecule has 0 saturated heterocycles. The molecule has 0 bridgehead atoms. The Labute approximate surface area is 102 Å². The average molecular weight is 228 g/mol. The second-order valence-electron chi connectivity index (χ2n) is 3.89. The van der Waals surface area contributed by atoms with Crippen LogP contribution in [0, 0.1) is 6.92 Å². The van der Waals surface area contributed by atoms with Crippen LogP contribution in [0.5, 0.6) is 11.5 Å². The monoisotopic (exact) mass is 228 g/mol. The standard InChI is InChI=1S/C15H16O2/c1-11-9-13(12-7-5-4-6-8-12)15(17-3)10-14(11)16-2/h4-10H,1-3H3. The lowest BCUT2D eigenvalue weighted by molar-refractivity contribution is 0.393. The van der Waals surface area contributed by atoms with Crippen LogP contribution in [0.1, 0.15) is 5.56 Å². The van der Waals surface area contributed by atoms with Crippen LogP contribution >= 0.6 is 0 Å². The van der Waals surface area contributed by atoms with Gasteiger partial charge in [-0.3, -0.25) is 0 Å². The molecule has 0 heterocycles. The summed E-state index contributed by atoms with van der Waals surface area (Å²) in [5.41, 5.74) is 3.34. The molecule has 0 N–H and O–H groups in total. The van der Waals surface area contributed by atoms with Gasteiger partial charge in [-0.1, -0.05) is 30.3 Å². The van der Waals surface area contributed by atoms with Crippen molar-refractivity contribution in [1.82, 2.24) is 0 Å². The minimum atomic E-state index is 0.832. The van der Waals surface area contributed by atoms with Crippen molar-refractivity contribution in [2.75, 3.05) is 14.2 Å². The Balaban J connectivity index is 2.58. The molecule has 0 aliphatic rings. The number of hydrogen-bond acceptors (Lipinski definition) is 2. The summed E-state index contributed by atoms with van der Waals surface area (Å²) in [5, 5.41) is 0. The largest absolute Gasteiger partial charge is 0.496 e. The molecule has 2 aromatic rings. The summed E-state index contributed by atoms with van der Waals surface area (Å²) in [4.78, 5) is 0. The fraction of sp³-hybridized carbons (Fsp3) is 0.200. The van der Waals surface area contributed by atoms with E-state index in [-0.39, 0.29) is 0 Å². The van der Waals surface area contributed by atoms with Gasteiger partial charge in [-0.2, -0.15) is 0 Å². The minimum Gasteiger partial charge on any atom is -0.496 e. The molecule has 0 fully saturated rings. The topological polar surface area (TPSA) is 18.5 Å². The van der Waals surface area contributed by atoms with Crippen molar-refractivity contribution >= 4 is 0 Å². The Morgan fingerprint density at radius 3 is 2.06 bits per heavy atom. The quantitative estimate of drug-likeness (QED) is 0.797. The Morgan fingerprint density at radius 2 is 1.47 bits per heavy atom. The molecule has 0 aliphatic carbocycles. The van der Waals surface area contributed by atoms with Crippen molar-refractivity contribution in [2.24, 2.45) is 0 Å². The number of aryl methyl sites for hydroxylation is 1. The highest BCUT2D eigenvalue weighted by molar-refractivity contribution is 5.72. The first-order chi connectivity index (χ1) is 8.26. The SMILES string of the molecule is COc1cc(OC)c(-c2ccccc2)cc1C. The zero-order valence-corrected chi connectivity index (χ0v) is 10.4. The van der Waals surface area contributed by atoms with Crippen LogP contribution in [0.4, 0.5) is 0 Å². The Morgan fingerprint density at radius 1 is 0.824 bits per heavy atom. The van der Waals surface area contributed by atoms with E-state index in [0.717, 1.165) is 28.2 Å². The Hall–Kier alpha value is -1.96. The molecule has 2 rings (SSSR count). The van der Waals surface area contributed by atoms with Gasteiger partial charge in [0.1, 0.15) is 11.5 Å². The third kappa shape index (κ3) is 2.26. The first kappa shape index (κ1) is 11.5. The zero-order valence-electron chi connectivity index (χ0n) is 10.4. The molecule has 2 heteroatoms. The van der Waals surface area contributed by atoms with Gasteiger partial charge in [-0.25, -0.2) is 0 Å². The lowest BCUT2D eigenvalue weighted by Crippen LogP contribution is -1.93. The van der Waals surface area contributed by atoms with Crippen LogP contribution < -0.4 is 9.47 Å².